The van der Waals surface area contributed by atoms with Crippen LogP contribution in [0.15, 0.2) is 54.6 Å². The van der Waals surface area contributed by atoms with Crippen LogP contribution in [0.25, 0.3) is 0 Å². The van der Waals surface area contributed by atoms with E-state index in [0.717, 1.165) is 25.4 Å². The molecule has 0 aliphatic heterocycles. The third kappa shape index (κ3) is 8.90. The lowest BCUT2D eigenvalue weighted by Crippen LogP contribution is -2.27. The summed E-state index contributed by atoms with van der Waals surface area (Å²) >= 11 is 6.24. The fourth-order valence-electron chi connectivity index (χ4n) is 4.21. The van der Waals surface area contributed by atoms with Gasteiger partial charge in [-0.15, -0.1) is 11.6 Å². The number of nitriles is 1. The van der Waals surface area contributed by atoms with E-state index in [-0.39, 0.29) is 0 Å². The zero-order valence-corrected chi connectivity index (χ0v) is 19.5. The van der Waals surface area contributed by atoms with Crippen LogP contribution in [0.2, 0.25) is 0 Å². The van der Waals surface area contributed by atoms with Crippen molar-refractivity contribution in [3.63, 3.8) is 0 Å². The van der Waals surface area contributed by atoms with E-state index >= 15 is 0 Å². The monoisotopic (exact) mass is 424 g/mol. The summed E-state index contributed by atoms with van der Waals surface area (Å²) in [6.07, 6.45) is 8.40. The van der Waals surface area contributed by atoms with Gasteiger partial charge >= 0.3 is 0 Å². The molecule has 1 aliphatic rings. The standard InChI is InChI=1S/C25H34ClN.C2H3N/c1-2-27(20-18-21-7-4-3-5-8-21)19-6-9-22-10-12-23(13-11-22)24-14-16-25(26)17-15-24;1-2-3/h3-5,7-8,10-13,24-25H,2,6,9,14-20H2,1H3;1H3. The number of alkyl halides is 1. The van der Waals surface area contributed by atoms with Gasteiger partial charge in [0, 0.05) is 18.8 Å². The number of aryl methyl sites for hydroxylation is 1. The molecule has 0 aromatic heterocycles. The van der Waals surface area contributed by atoms with Crippen LogP contribution in [-0.2, 0) is 12.8 Å². The van der Waals surface area contributed by atoms with E-state index in [4.69, 9.17) is 16.9 Å². The third-order valence-corrected chi connectivity index (χ3v) is 6.49. The Bertz CT molecular complexity index is 728. The molecule has 0 heterocycles. The first-order valence-corrected chi connectivity index (χ1v) is 11.9. The predicted octanol–water partition coefficient (Wildman–Crippen LogP) is 6.98. The van der Waals surface area contributed by atoms with E-state index in [1.807, 2.05) is 0 Å². The first-order chi connectivity index (χ1) is 14.7. The summed E-state index contributed by atoms with van der Waals surface area (Å²) in [7, 11) is 0. The average molecular weight is 425 g/mol. The van der Waals surface area contributed by atoms with Gasteiger partial charge in [0.2, 0.25) is 0 Å². The van der Waals surface area contributed by atoms with Crippen molar-refractivity contribution in [3.8, 4) is 6.07 Å². The summed E-state index contributed by atoms with van der Waals surface area (Å²) in [6.45, 7) is 7.18. The van der Waals surface area contributed by atoms with Gasteiger partial charge in [-0.2, -0.15) is 5.26 Å². The summed E-state index contributed by atoms with van der Waals surface area (Å²) in [5, 5.41) is 7.73. The van der Waals surface area contributed by atoms with Gasteiger partial charge in [-0.25, -0.2) is 0 Å². The van der Waals surface area contributed by atoms with Crippen LogP contribution in [0.5, 0.6) is 0 Å². The molecule has 0 bridgehead atoms. The smallest absolute Gasteiger partial charge is 0.0587 e. The van der Waals surface area contributed by atoms with Crippen molar-refractivity contribution >= 4 is 11.6 Å². The van der Waals surface area contributed by atoms with Gasteiger partial charge in [-0.3, -0.25) is 0 Å². The molecule has 0 radical (unpaired) electrons. The molecule has 2 aromatic carbocycles. The summed E-state index contributed by atoms with van der Waals surface area (Å²) in [4.78, 5) is 2.58. The van der Waals surface area contributed by atoms with E-state index in [9.17, 15) is 0 Å². The van der Waals surface area contributed by atoms with E-state index < -0.39 is 0 Å². The molecule has 2 nitrogen and oxygen atoms in total. The third-order valence-electron chi connectivity index (χ3n) is 6.05. The van der Waals surface area contributed by atoms with E-state index in [0.29, 0.717) is 5.38 Å². The maximum atomic E-state index is 7.32. The molecular weight excluding hydrogens is 388 g/mol. The normalized spacial score (nSPS) is 18.4. The minimum absolute atomic E-state index is 0.406. The van der Waals surface area contributed by atoms with Crippen molar-refractivity contribution < 1.29 is 0 Å². The molecule has 162 valence electrons. The van der Waals surface area contributed by atoms with Gasteiger partial charge in [0.05, 0.1) is 6.07 Å². The second kappa shape index (κ2) is 14.2. The first-order valence-electron chi connectivity index (χ1n) is 11.5. The maximum absolute atomic E-state index is 7.32. The van der Waals surface area contributed by atoms with Crippen LogP contribution in [0, 0.1) is 11.3 Å². The predicted molar refractivity (Wildman–Crippen MR) is 129 cm³/mol. The number of benzene rings is 2. The Labute approximate surface area is 188 Å². The Morgan fingerprint density at radius 3 is 2.10 bits per heavy atom. The minimum atomic E-state index is 0.406. The minimum Gasteiger partial charge on any atom is -0.303 e. The fraction of sp³-hybridized carbons (Fsp3) is 0.519. The van der Waals surface area contributed by atoms with Crippen molar-refractivity contribution in [2.75, 3.05) is 19.6 Å². The second-order valence-corrected chi connectivity index (χ2v) is 8.80. The second-order valence-electron chi connectivity index (χ2n) is 8.19. The van der Waals surface area contributed by atoms with Gasteiger partial charge < -0.3 is 4.90 Å². The lowest BCUT2D eigenvalue weighted by Gasteiger charge is -2.25. The Balaban J connectivity index is 0.00000101. The quantitative estimate of drug-likeness (QED) is 0.406. The fourth-order valence-corrected chi connectivity index (χ4v) is 4.46. The van der Waals surface area contributed by atoms with Gasteiger partial charge in [0.1, 0.15) is 0 Å². The molecule has 30 heavy (non-hydrogen) atoms. The number of halogens is 1. The highest BCUT2D eigenvalue weighted by Crippen LogP contribution is 2.34. The zero-order valence-electron chi connectivity index (χ0n) is 18.7. The van der Waals surface area contributed by atoms with Gasteiger partial charge in [0.25, 0.3) is 0 Å². The largest absolute Gasteiger partial charge is 0.303 e. The average Bonchev–Trinajstić information content (AvgIpc) is 2.78. The van der Waals surface area contributed by atoms with Crippen molar-refractivity contribution in [2.45, 2.75) is 70.1 Å². The van der Waals surface area contributed by atoms with E-state index in [1.54, 1.807) is 6.07 Å². The molecule has 3 heteroatoms. The Kier molecular flexibility index (Phi) is 11.6. The highest BCUT2D eigenvalue weighted by atomic mass is 35.5. The molecule has 0 saturated heterocycles. The lowest BCUT2D eigenvalue weighted by molar-refractivity contribution is 0.288. The number of nitrogens with zero attached hydrogens (tertiary/aromatic N) is 2. The highest BCUT2D eigenvalue weighted by Gasteiger charge is 2.20. The van der Waals surface area contributed by atoms with Crippen LogP contribution in [-0.4, -0.2) is 29.9 Å². The molecule has 1 saturated carbocycles. The van der Waals surface area contributed by atoms with E-state index in [1.165, 1.54) is 68.7 Å². The summed E-state index contributed by atoms with van der Waals surface area (Å²) in [5.74, 6) is 0.725. The Hall–Kier alpha value is -1.82. The molecule has 0 unspecified atom stereocenters. The van der Waals surface area contributed by atoms with Gasteiger partial charge in [0.15, 0.2) is 0 Å². The zero-order chi connectivity index (χ0) is 21.6. The topological polar surface area (TPSA) is 27.0 Å². The molecule has 0 amide bonds. The number of likely N-dealkylation sites (N-methyl/N-ethyl adjacent to an activating group) is 1. The first kappa shape index (κ1) is 24.4. The van der Waals surface area contributed by atoms with Crippen LogP contribution >= 0.6 is 11.6 Å². The molecule has 3 rings (SSSR count). The molecule has 1 fully saturated rings. The maximum Gasteiger partial charge on any atom is 0.0587 e. The van der Waals surface area contributed by atoms with E-state index in [2.05, 4.69) is 66.4 Å². The van der Waals surface area contributed by atoms with Crippen molar-refractivity contribution in [3.05, 3.63) is 71.3 Å². The van der Waals surface area contributed by atoms with Crippen LogP contribution in [0.3, 0.4) is 0 Å². The number of rotatable bonds is 9. The molecule has 1 aliphatic carbocycles. The molecule has 0 atom stereocenters. The lowest BCUT2D eigenvalue weighted by atomic mass is 9.83. The highest BCUT2D eigenvalue weighted by molar-refractivity contribution is 6.20. The summed E-state index contributed by atoms with van der Waals surface area (Å²) < 4.78 is 0. The Morgan fingerprint density at radius 2 is 1.50 bits per heavy atom. The van der Waals surface area contributed by atoms with Crippen LogP contribution in [0.1, 0.15) is 68.6 Å². The number of hydrogen-bond acceptors (Lipinski definition) is 2. The van der Waals surface area contributed by atoms with Gasteiger partial charge in [-0.1, -0.05) is 61.5 Å². The number of hydrogen-bond donors (Lipinski definition) is 0. The van der Waals surface area contributed by atoms with Crippen molar-refractivity contribution in [2.24, 2.45) is 0 Å². The summed E-state index contributed by atoms with van der Waals surface area (Å²) in [6, 6.07) is 22.0. The SMILES string of the molecule is CC#N.CCN(CCCc1ccc(C2CCC(Cl)CC2)cc1)CCc1ccccc1. The van der Waals surface area contributed by atoms with Crippen LogP contribution < -0.4 is 0 Å². The van der Waals surface area contributed by atoms with Crippen molar-refractivity contribution in [1.29, 1.82) is 5.26 Å². The van der Waals surface area contributed by atoms with Crippen LogP contribution in [0.4, 0.5) is 0 Å². The molecule has 0 N–H and O–H groups in total. The Morgan fingerprint density at radius 1 is 0.900 bits per heavy atom. The van der Waals surface area contributed by atoms with Gasteiger partial charge in [-0.05, 0) is 80.6 Å². The molecular formula is C27H37ClN2. The summed E-state index contributed by atoms with van der Waals surface area (Å²) in [5.41, 5.74) is 4.43. The van der Waals surface area contributed by atoms with Crippen molar-refractivity contribution in [1.82, 2.24) is 4.90 Å². The molecule has 2 aromatic rings. The molecule has 0 spiro atoms.